The van der Waals surface area contributed by atoms with Gasteiger partial charge < -0.3 is 10.1 Å². The Morgan fingerprint density at radius 2 is 1.69 bits per heavy atom. The third kappa shape index (κ3) is 4.06. The molecule has 0 unspecified atom stereocenters. The van der Waals surface area contributed by atoms with Gasteiger partial charge in [0.25, 0.3) is 0 Å². The monoisotopic (exact) mass is 418 g/mol. The third-order valence-corrected chi connectivity index (χ3v) is 5.70. The summed E-state index contributed by atoms with van der Waals surface area (Å²) in [5, 5.41) is 3.89. The molecule has 0 saturated heterocycles. The van der Waals surface area contributed by atoms with Crippen molar-refractivity contribution in [3.05, 3.63) is 102 Å². The summed E-state index contributed by atoms with van der Waals surface area (Å²) in [6, 6.07) is 26.5. The van der Waals surface area contributed by atoms with Gasteiger partial charge in [0.1, 0.15) is 6.61 Å². The molecule has 3 aromatic carbocycles. The first kappa shape index (κ1) is 19.8. The molecule has 4 heteroatoms. The van der Waals surface area contributed by atoms with Gasteiger partial charge in [0.15, 0.2) is 0 Å². The summed E-state index contributed by atoms with van der Waals surface area (Å²) in [5.41, 5.74) is 6.69. The van der Waals surface area contributed by atoms with Gasteiger partial charge in [-0.2, -0.15) is 0 Å². The summed E-state index contributed by atoms with van der Waals surface area (Å²) in [6.45, 7) is 0.755. The number of hydrogen-bond donors (Lipinski definition) is 1. The van der Waals surface area contributed by atoms with Crippen molar-refractivity contribution in [3.63, 3.8) is 0 Å². The molecule has 1 aliphatic rings. The largest absolute Gasteiger partial charge is 0.449 e. The number of carbonyl (C=O) groups excluding carboxylic acids is 1. The van der Waals surface area contributed by atoms with Crippen molar-refractivity contribution in [1.29, 1.82) is 0 Å². The first-order valence-electron chi connectivity index (χ1n) is 10.7. The number of nitrogens with zero attached hydrogens (tertiary/aromatic N) is 1. The Morgan fingerprint density at radius 1 is 0.938 bits per heavy atom. The molecule has 4 aromatic rings. The molecule has 0 fully saturated rings. The van der Waals surface area contributed by atoms with E-state index in [9.17, 15) is 4.79 Å². The van der Waals surface area contributed by atoms with E-state index in [1.807, 2.05) is 54.6 Å². The number of pyridine rings is 1. The number of aromatic nitrogens is 1. The Labute approximate surface area is 187 Å². The molecule has 32 heavy (non-hydrogen) atoms. The van der Waals surface area contributed by atoms with Crippen molar-refractivity contribution in [2.24, 2.45) is 0 Å². The second-order valence-corrected chi connectivity index (χ2v) is 7.71. The molecule has 1 N–H and O–H groups in total. The number of carbonyl (C=O) groups is 1. The van der Waals surface area contributed by atoms with Crippen LogP contribution in [0.5, 0.6) is 0 Å². The molecular formula is C28H22N2O2. The van der Waals surface area contributed by atoms with Gasteiger partial charge in [-0.15, -0.1) is 0 Å². The summed E-state index contributed by atoms with van der Waals surface area (Å²) in [7, 11) is 0. The van der Waals surface area contributed by atoms with Gasteiger partial charge in [0.05, 0.1) is 5.52 Å². The highest BCUT2D eigenvalue weighted by molar-refractivity contribution is 5.80. The first-order chi connectivity index (χ1) is 15.8. The number of nitrogens with one attached hydrogen (secondary N) is 1. The van der Waals surface area contributed by atoms with E-state index in [2.05, 4.69) is 46.4 Å². The van der Waals surface area contributed by atoms with Crippen LogP contribution in [0.1, 0.15) is 29.0 Å². The van der Waals surface area contributed by atoms with Crippen LogP contribution in [0.15, 0.2) is 85.1 Å². The predicted octanol–water partition coefficient (Wildman–Crippen LogP) is 5.52. The van der Waals surface area contributed by atoms with Crippen LogP contribution in [0.3, 0.4) is 0 Å². The second kappa shape index (κ2) is 8.95. The highest BCUT2D eigenvalue weighted by Crippen LogP contribution is 2.44. The van der Waals surface area contributed by atoms with E-state index in [1.54, 1.807) is 6.20 Å². The lowest BCUT2D eigenvalue weighted by Crippen LogP contribution is -2.26. The number of ether oxygens (including phenoxy) is 1. The van der Waals surface area contributed by atoms with Crippen molar-refractivity contribution in [2.45, 2.75) is 12.3 Å². The van der Waals surface area contributed by atoms with Crippen molar-refractivity contribution in [1.82, 2.24) is 10.3 Å². The van der Waals surface area contributed by atoms with Gasteiger partial charge in [-0.05, 0) is 40.5 Å². The van der Waals surface area contributed by atoms with Crippen molar-refractivity contribution in [3.8, 4) is 23.0 Å². The van der Waals surface area contributed by atoms with Gasteiger partial charge in [-0.25, -0.2) is 4.79 Å². The fourth-order valence-electron chi connectivity index (χ4n) is 4.19. The fourth-order valence-corrected chi connectivity index (χ4v) is 4.19. The number of rotatable bonds is 4. The molecule has 5 rings (SSSR count). The van der Waals surface area contributed by atoms with Crippen LogP contribution < -0.4 is 5.32 Å². The molecule has 1 amide bonds. The van der Waals surface area contributed by atoms with Crippen LogP contribution in [0.2, 0.25) is 0 Å². The molecule has 1 aromatic heterocycles. The van der Waals surface area contributed by atoms with E-state index in [-0.39, 0.29) is 5.92 Å². The van der Waals surface area contributed by atoms with E-state index in [0.717, 1.165) is 16.5 Å². The lowest BCUT2D eigenvalue weighted by Gasteiger charge is -2.14. The van der Waals surface area contributed by atoms with Crippen molar-refractivity contribution in [2.75, 3.05) is 13.2 Å². The molecular weight excluding hydrogens is 396 g/mol. The Kier molecular flexibility index (Phi) is 5.55. The zero-order valence-electron chi connectivity index (χ0n) is 17.5. The molecule has 4 nitrogen and oxygen atoms in total. The van der Waals surface area contributed by atoms with Crippen molar-refractivity contribution < 1.29 is 9.53 Å². The Morgan fingerprint density at radius 3 is 2.47 bits per heavy atom. The molecule has 1 heterocycles. The standard InChI is InChI=1S/C28H22N2O2/c31-28(30-16-6-5-8-20-14-15-21-9-7-17-29-27(21)18-20)32-19-26-24-12-3-1-10-22(24)23-11-2-4-13-25(23)26/h1-4,7,9-15,17-18,26H,6,16,19H2,(H,30,31). The van der Waals surface area contributed by atoms with Crippen LogP contribution in [0, 0.1) is 11.8 Å². The summed E-state index contributed by atoms with van der Waals surface area (Å²) >= 11 is 0. The van der Waals surface area contributed by atoms with E-state index < -0.39 is 6.09 Å². The molecule has 0 spiro atoms. The minimum Gasteiger partial charge on any atom is -0.449 e. The molecule has 0 aliphatic heterocycles. The zero-order valence-corrected chi connectivity index (χ0v) is 17.5. The average molecular weight is 418 g/mol. The second-order valence-electron chi connectivity index (χ2n) is 7.71. The fraction of sp³-hybridized carbons (Fsp3) is 0.143. The minimum atomic E-state index is -0.413. The van der Waals surface area contributed by atoms with Crippen LogP contribution >= 0.6 is 0 Å². The molecule has 0 radical (unpaired) electrons. The van der Waals surface area contributed by atoms with E-state index >= 15 is 0 Å². The Bertz CT molecular complexity index is 1300. The summed E-state index contributed by atoms with van der Waals surface area (Å²) in [6.07, 6.45) is 1.91. The summed E-state index contributed by atoms with van der Waals surface area (Å²) < 4.78 is 5.55. The highest BCUT2D eigenvalue weighted by atomic mass is 16.5. The van der Waals surface area contributed by atoms with Crippen LogP contribution in [-0.4, -0.2) is 24.2 Å². The minimum absolute atomic E-state index is 0.0643. The van der Waals surface area contributed by atoms with E-state index in [0.29, 0.717) is 19.6 Å². The third-order valence-electron chi connectivity index (χ3n) is 5.70. The lowest BCUT2D eigenvalue weighted by atomic mass is 9.98. The number of fused-ring (bicyclic) bond motifs is 4. The first-order valence-corrected chi connectivity index (χ1v) is 10.7. The molecule has 0 bridgehead atoms. The Balaban J connectivity index is 1.13. The molecule has 0 saturated carbocycles. The van der Waals surface area contributed by atoms with Gasteiger partial charge in [-0.1, -0.05) is 72.5 Å². The lowest BCUT2D eigenvalue weighted by molar-refractivity contribution is 0.143. The molecule has 1 aliphatic carbocycles. The Hall–Kier alpha value is -4.10. The van der Waals surface area contributed by atoms with E-state index in [1.165, 1.54) is 22.3 Å². The van der Waals surface area contributed by atoms with Crippen LogP contribution in [-0.2, 0) is 4.74 Å². The van der Waals surface area contributed by atoms with Gasteiger partial charge in [0.2, 0.25) is 0 Å². The smallest absolute Gasteiger partial charge is 0.407 e. The highest BCUT2D eigenvalue weighted by Gasteiger charge is 2.28. The normalized spacial score (nSPS) is 11.9. The number of benzene rings is 3. The number of amides is 1. The number of hydrogen-bond acceptors (Lipinski definition) is 3. The van der Waals surface area contributed by atoms with Gasteiger partial charge in [0, 0.05) is 36.0 Å². The maximum absolute atomic E-state index is 12.2. The van der Waals surface area contributed by atoms with E-state index in [4.69, 9.17) is 4.74 Å². The number of alkyl carbamates (subject to hydrolysis) is 1. The molecule has 156 valence electrons. The maximum atomic E-state index is 12.2. The van der Waals surface area contributed by atoms with Gasteiger partial charge in [-0.3, -0.25) is 4.98 Å². The van der Waals surface area contributed by atoms with Crippen LogP contribution in [0.4, 0.5) is 4.79 Å². The van der Waals surface area contributed by atoms with Gasteiger partial charge >= 0.3 is 6.09 Å². The zero-order chi connectivity index (χ0) is 21.8. The topological polar surface area (TPSA) is 51.2 Å². The summed E-state index contributed by atoms with van der Waals surface area (Å²) in [4.78, 5) is 16.6. The van der Waals surface area contributed by atoms with Crippen molar-refractivity contribution >= 4 is 17.0 Å². The van der Waals surface area contributed by atoms with Crippen LogP contribution in [0.25, 0.3) is 22.0 Å². The summed E-state index contributed by atoms with van der Waals surface area (Å²) in [5.74, 6) is 6.29. The quantitative estimate of drug-likeness (QED) is 0.351. The molecule has 0 atom stereocenters. The maximum Gasteiger partial charge on any atom is 0.407 e. The average Bonchev–Trinajstić information content (AvgIpc) is 3.16. The predicted molar refractivity (Wildman–Crippen MR) is 126 cm³/mol. The SMILES string of the molecule is O=C(NCCC#Cc1ccc2cccnc2c1)OCC1c2ccccc2-c2ccccc21.